The molecular formula is C8H7N3S. The van der Waals surface area contributed by atoms with Gasteiger partial charge in [0, 0.05) is 17.8 Å². The molecule has 3 nitrogen and oxygen atoms in total. The lowest BCUT2D eigenvalue weighted by molar-refractivity contribution is 1.20. The topological polar surface area (TPSA) is 37.8 Å². The predicted molar refractivity (Wildman–Crippen MR) is 49.6 cm³/mol. The second-order valence-corrected chi connectivity index (χ2v) is 3.01. The summed E-state index contributed by atoms with van der Waals surface area (Å²) in [6, 6.07) is 2.00. The number of nitrogens with one attached hydrogen (secondary N) is 1. The van der Waals surface area contributed by atoms with Crippen molar-refractivity contribution in [3.8, 4) is 0 Å². The molecule has 2 aromatic rings. The molecule has 0 atom stereocenters. The number of hydrogen-bond donors (Lipinski definition) is 1. The molecule has 0 aliphatic carbocycles. The van der Waals surface area contributed by atoms with Crippen LogP contribution in [0.2, 0.25) is 0 Å². The van der Waals surface area contributed by atoms with E-state index in [0.717, 1.165) is 11.5 Å². The zero-order chi connectivity index (χ0) is 8.23. The molecule has 2 heterocycles. The predicted octanol–water partition coefficient (Wildman–Crippen LogP) is 2.28. The van der Waals surface area contributed by atoms with Gasteiger partial charge in [-0.3, -0.25) is 4.98 Å². The molecule has 0 saturated carbocycles. The minimum absolute atomic E-state index is 0.774. The van der Waals surface area contributed by atoms with E-state index in [0.29, 0.717) is 0 Å². The summed E-state index contributed by atoms with van der Waals surface area (Å²) in [4.78, 5) is 8.03. The van der Waals surface area contributed by atoms with Crippen LogP contribution in [0.4, 0.5) is 11.5 Å². The monoisotopic (exact) mass is 177 g/mol. The van der Waals surface area contributed by atoms with E-state index in [4.69, 9.17) is 0 Å². The van der Waals surface area contributed by atoms with Gasteiger partial charge in [-0.15, -0.1) is 0 Å². The highest BCUT2D eigenvalue weighted by Gasteiger charge is 1.93. The minimum Gasteiger partial charge on any atom is -0.338 e. The number of nitrogens with zero attached hydrogens (tertiary/aromatic N) is 2. The first-order chi connectivity index (χ1) is 5.95. The Labute approximate surface area is 74.1 Å². The molecule has 0 fully saturated rings. The molecule has 0 bridgehead atoms. The number of hydrogen-bond acceptors (Lipinski definition) is 4. The lowest BCUT2D eigenvalue weighted by atomic mass is 10.5. The van der Waals surface area contributed by atoms with Gasteiger partial charge in [0.05, 0.1) is 11.9 Å². The molecule has 2 aromatic heterocycles. The quantitative estimate of drug-likeness (QED) is 0.764. The number of aromatic nitrogens is 2. The van der Waals surface area contributed by atoms with Gasteiger partial charge in [0.2, 0.25) is 0 Å². The van der Waals surface area contributed by atoms with Gasteiger partial charge in [0.1, 0.15) is 5.82 Å². The summed E-state index contributed by atoms with van der Waals surface area (Å²) in [7, 11) is 0. The zero-order valence-electron chi connectivity index (χ0n) is 6.27. The fraction of sp³-hybridized carbons (Fsp3) is 0. The minimum atomic E-state index is 0.774. The van der Waals surface area contributed by atoms with Crippen LogP contribution in [0.15, 0.2) is 35.4 Å². The van der Waals surface area contributed by atoms with Gasteiger partial charge in [-0.25, -0.2) is 4.98 Å². The highest BCUT2D eigenvalue weighted by atomic mass is 32.1. The van der Waals surface area contributed by atoms with E-state index in [9.17, 15) is 0 Å². The maximum Gasteiger partial charge on any atom is 0.148 e. The van der Waals surface area contributed by atoms with E-state index >= 15 is 0 Å². The van der Waals surface area contributed by atoms with E-state index in [2.05, 4.69) is 15.3 Å². The average Bonchev–Trinajstić information content (AvgIpc) is 2.59. The Bertz CT molecular complexity index is 330. The van der Waals surface area contributed by atoms with Crippen LogP contribution in [-0.2, 0) is 0 Å². The van der Waals surface area contributed by atoms with Crippen LogP contribution in [0.25, 0.3) is 0 Å². The SMILES string of the molecule is c1cnc(Nc2ccsc2)cn1. The van der Waals surface area contributed by atoms with Crippen LogP contribution in [0.5, 0.6) is 0 Å². The van der Waals surface area contributed by atoms with Crippen LogP contribution in [0.1, 0.15) is 0 Å². The van der Waals surface area contributed by atoms with Gasteiger partial charge in [-0.1, -0.05) is 0 Å². The molecule has 0 unspecified atom stereocenters. The third kappa shape index (κ3) is 1.60. The smallest absolute Gasteiger partial charge is 0.148 e. The first-order valence-corrected chi connectivity index (χ1v) is 4.45. The first kappa shape index (κ1) is 7.24. The summed E-state index contributed by atoms with van der Waals surface area (Å²) in [5.41, 5.74) is 1.06. The summed E-state index contributed by atoms with van der Waals surface area (Å²) >= 11 is 1.65. The Hall–Kier alpha value is -1.42. The molecule has 60 valence electrons. The van der Waals surface area contributed by atoms with Gasteiger partial charge in [0.15, 0.2) is 0 Å². The number of anilines is 2. The Morgan fingerprint density at radius 2 is 2.33 bits per heavy atom. The molecule has 2 rings (SSSR count). The van der Waals surface area contributed by atoms with Crippen molar-refractivity contribution in [1.82, 2.24) is 9.97 Å². The highest BCUT2D eigenvalue weighted by Crippen LogP contribution is 2.15. The van der Waals surface area contributed by atoms with Crippen molar-refractivity contribution in [3.05, 3.63) is 35.4 Å². The van der Waals surface area contributed by atoms with Crippen LogP contribution in [0.3, 0.4) is 0 Å². The molecule has 0 spiro atoms. The Balaban J connectivity index is 2.15. The van der Waals surface area contributed by atoms with Crippen molar-refractivity contribution in [2.24, 2.45) is 0 Å². The summed E-state index contributed by atoms with van der Waals surface area (Å²) < 4.78 is 0. The van der Waals surface area contributed by atoms with Crippen molar-refractivity contribution in [3.63, 3.8) is 0 Å². The molecule has 0 aliphatic rings. The van der Waals surface area contributed by atoms with E-state index in [1.54, 1.807) is 29.9 Å². The molecule has 12 heavy (non-hydrogen) atoms. The fourth-order valence-corrected chi connectivity index (χ4v) is 1.43. The molecular weight excluding hydrogens is 170 g/mol. The van der Waals surface area contributed by atoms with Gasteiger partial charge in [0.25, 0.3) is 0 Å². The molecule has 0 aliphatic heterocycles. The normalized spacial score (nSPS) is 9.67. The molecule has 0 aromatic carbocycles. The second-order valence-electron chi connectivity index (χ2n) is 2.23. The van der Waals surface area contributed by atoms with Crippen LogP contribution >= 0.6 is 11.3 Å². The number of rotatable bonds is 2. The molecule has 0 saturated heterocycles. The summed E-state index contributed by atoms with van der Waals surface area (Å²) in [6.07, 6.45) is 5.01. The van der Waals surface area contributed by atoms with Crippen molar-refractivity contribution >= 4 is 22.8 Å². The molecule has 1 N–H and O–H groups in total. The molecule has 0 amide bonds. The maximum atomic E-state index is 4.08. The van der Waals surface area contributed by atoms with Gasteiger partial charge in [-0.2, -0.15) is 11.3 Å². The van der Waals surface area contributed by atoms with Crippen LogP contribution in [0, 0.1) is 0 Å². The van der Waals surface area contributed by atoms with E-state index in [-0.39, 0.29) is 0 Å². The van der Waals surface area contributed by atoms with E-state index in [1.165, 1.54) is 0 Å². The Morgan fingerprint density at radius 1 is 1.33 bits per heavy atom. The van der Waals surface area contributed by atoms with E-state index in [1.807, 2.05) is 16.8 Å². The second kappa shape index (κ2) is 3.32. The third-order valence-corrected chi connectivity index (χ3v) is 2.04. The Kier molecular flexibility index (Phi) is 2.00. The van der Waals surface area contributed by atoms with Gasteiger partial charge < -0.3 is 5.32 Å². The van der Waals surface area contributed by atoms with Crippen molar-refractivity contribution < 1.29 is 0 Å². The number of thiophene rings is 1. The summed E-state index contributed by atoms with van der Waals surface area (Å²) in [6.45, 7) is 0. The Morgan fingerprint density at radius 3 is 3.00 bits per heavy atom. The van der Waals surface area contributed by atoms with Crippen LogP contribution < -0.4 is 5.32 Å². The zero-order valence-corrected chi connectivity index (χ0v) is 7.08. The third-order valence-electron chi connectivity index (χ3n) is 1.36. The largest absolute Gasteiger partial charge is 0.338 e. The van der Waals surface area contributed by atoms with Crippen molar-refractivity contribution in [2.75, 3.05) is 5.32 Å². The summed E-state index contributed by atoms with van der Waals surface area (Å²) in [5.74, 6) is 0.774. The highest BCUT2D eigenvalue weighted by molar-refractivity contribution is 7.08. The van der Waals surface area contributed by atoms with Gasteiger partial charge in [-0.05, 0) is 11.4 Å². The lowest BCUT2D eigenvalue weighted by Crippen LogP contribution is -1.91. The van der Waals surface area contributed by atoms with Gasteiger partial charge >= 0.3 is 0 Å². The van der Waals surface area contributed by atoms with Crippen molar-refractivity contribution in [1.29, 1.82) is 0 Å². The fourth-order valence-electron chi connectivity index (χ4n) is 0.847. The maximum absolute atomic E-state index is 4.08. The lowest BCUT2D eigenvalue weighted by Gasteiger charge is -1.99. The standard InChI is InChI=1S/C8H7N3S/c1-4-12-6-7(1)11-8-5-9-2-3-10-8/h1-6H,(H,10,11). The van der Waals surface area contributed by atoms with Crippen molar-refractivity contribution in [2.45, 2.75) is 0 Å². The summed E-state index contributed by atoms with van der Waals surface area (Å²) in [5, 5.41) is 7.16. The average molecular weight is 177 g/mol. The van der Waals surface area contributed by atoms with E-state index < -0.39 is 0 Å². The first-order valence-electron chi connectivity index (χ1n) is 3.50. The van der Waals surface area contributed by atoms with Crippen LogP contribution in [-0.4, -0.2) is 9.97 Å². The molecule has 0 radical (unpaired) electrons. The molecule has 4 heteroatoms.